The first kappa shape index (κ1) is 14.9. The van der Waals surface area contributed by atoms with Crippen molar-refractivity contribution < 1.29 is 4.79 Å². The van der Waals surface area contributed by atoms with E-state index in [4.69, 9.17) is 0 Å². The lowest BCUT2D eigenvalue weighted by atomic mass is 9.95. The number of hydrogen-bond donors (Lipinski definition) is 0. The fourth-order valence-corrected chi connectivity index (χ4v) is 3.44. The molecular formula is C18H13BrN4O. The predicted molar refractivity (Wildman–Crippen MR) is 92.5 cm³/mol. The van der Waals surface area contributed by atoms with E-state index in [0.717, 1.165) is 21.1 Å². The van der Waals surface area contributed by atoms with Crippen LogP contribution in [0.1, 0.15) is 27.2 Å². The van der Waals surface area contributed by atoms with Crippen LogP contribution in [0.3, 0.4) is 0 Å². The zero-order chi connectivity index (χ0) is 16.7. The SMILES string of the molecule is N#Cc1cccc2c1CCN(C(=O)c1cc3ccc(Br)cn3n1)C2. The van der Waals surface area contributed by atoms with Gasteiger partial charge < -0.3 is 4.90 Å². The maximum Gasteiger partial charge on any atom is 0.274 e. The number of amides is 1. The van der Waals surface area contributed by atoms with Crippen molar-refractivity contribution in [3.05, 3.63) is 69.5 Å². The van der Waals surface area contributed by atoms with Crippen molar-refractivity contribution in [2.75, 3.05) is 6.54 Å². The minimum atomic E-state index is -0.0807. The topological polar surface area (TPSA) is 61.4 Å². The highest BCUT2D eigenvalue weighted by atomic mass is 79.9. The van der Waals surface area contributed by atoms with Crippen molar-refractivity contribution in [3.8, 4) is 6.07 Å². The summed E-state index contributed by atoms with van der Waals surface area (Å²) in [7, 11) is 0. The van der Waals surface area contributed by atoms with Crippen molar-refractivity contribution in [1.82, 2.24) is 14.5 Å². The quantitative estimate of drug-likeness (QED) is 0.651. The van der Waals surface area contributed by atoms with Gasteiger partial charge in [0.1, 0.15) is 0 Å². The maximum atomic E-state index is 12.8. The second-order valence-electron chi connectivity index (χ2n) is 5.78. The molecule has 0 spiro atoms. The Morgan fingerprint density at radius 1 is 1.29 bits per heavy atom. The van der Waals surface area contributed by atoms with Crippen molar-refractivity contribution >= 4 is 27.4 Å². The van der Waals surface area contributed by atoms with E-state index in [-0.39, 0.29) is 5.91 Å². The Balaban J connectivity index is 1.64. The number of rotatable bonds is 1. The molecule has 3 heterocycles. The largest absolute Gasteiger partial charge is 0.333 e. The molecule has 0 N–H and O–H groups in total. The Morgan fingerprint density at radius 3 is 3.00 bits per heavy atom. The van der Waals surface area contributed by atoms with Crippen LogP contribution in [-0.4, -0.2) is 27.0 Å². The van der Waals surface area contributed by atoms with Gasteiger partial charge in [-0.25, -0.2) is 4.52 Å². The third kappa shape index (κ3) is 2.47. The van der Waals surface area contributed by atoms with Crippen molar-refractivity contribution in [3.63, 3.8) is 0 Å². The fourth-order valence-electron chi connectivity index (χ4n) is 3.12. The molecule has 0 fully saturated rings. The molecule has 118 valence electrons. The van der Waals surface area contributed by atoms with Gasteiger partial charge in [0.2, 0.25) is 0 Å². The highest BCUT2D eigenvalue weighted by molar-refractivity contribution is 9.10. The molecule has 24 heavy (non-hydrogen) atoms. The fraction of sp³-hybridized carbons (Fsp3) is 0.167. The number of aromatic nitrogens is 2. The molecule has 6 heteroatoms. The van der Waals surface area contributed by atoms with E-state index in [1.165, 1.54) is 0 Å². The van der Waals surface area contributed by atoms with Gasteiger partial charge in [0, 0.05) is 23.8 Å². The van der Waals surface area contributed by atoms with Crippen molar-refractivity contribution in [2.45, 2.75) is 13.0 Å². The summed E-state index contributed by atoms with van der Waals surface area (Å²) < 4.78 is 2.61. The molecule has 1 aliphatic heterocycles. The molecule has 1 aliphatic rings. The molecule has 2 aromatic heterocycles. The van der Waals surface area contributed by atoms with Gasteiger partial charge in [0.25, 0.3) is 5.91 Å². The standard InChI is InChI=1S/C18H13BrN4O/c19-14-4-5-15-8-17(21-23(15)11-14)18(24)22-7-6-16-12(9-20)2-1-3-13(16)10-22/h1-5,8,11H,6-7,10H2. The minimum absolute atomic E-state index is 0.0807. The molecule has 0 atom stereocenters. The number of nitrogens with zero attached hydrogens (tertiary/aromatic N) is 4. The van der Waals surface area contributed by atoms with E-state index >= 15 is 0 Å². The number of halogens is 1. The molecule has 3 aromatic rings. The number of carbonyl (C=O) groups excluding carboxylic acids is 1. The predicted octanol–water partition coefficient (Wildman–Crippen LogP) is 3.17. The lowest BCUT2D eigenvalue weighted by molar-refractivity contribution is 0.0728. The Kier molecular flexibility index (Phi) is 3.58. The van der Waals surface area contributed by atoms with Crippen LogP contribution in [0.5, 0.6) is 0 Å². The molecular weight excluding hydrogens is 368 g/mol. The van der Waals surface area contributed by atoms with Crippen LogP contribution in [0.2, 0.25) is 0 Å². The Hall–Kier alpha value is -2.65. The second kappa shape index (κ2) is 5.77. The van der Waals surface area contributed by atoms with Gasteiger partial charge in [-0.15, -0.1) is 0 Å². The smallest absolute Gasteiger partial charge is 0.274 e. The van der Waals surface area contributed by atoms with Gasteiger partial charge in [0.05, 0.1) is 17.1 Å². The van der Waals surface area contributed by atoms with Gasteiger partial charge in [-0.1, -0.05) is 12.1 Å². The second-order valence-corrected chi connectivity index (χ2v) is 6.69. The number of benzene rings is 1. The van der Waals surface area contributed by atoms with E-state index in [1.807, 2.05) is 36.5 Å². The van der Waals surface area contributed by atoms with E-state index in [0.29, 0.717) is 30.8 Å². The average molecular weight is 381 g/mol. The molecule has 0 saturated carbocycles. The third-order valence-corrected chi connectivity index (χ3v) is 4.79. The normalized spacial score (nSPS) is 13.6. The summed E-state index contributed by atoms with van der Waals surface area (Å²) in [6.45, 7) is 1.11. The lowest BCUT2D eigenvalue weighted by Gasteiger charge is -2.28. The molecule has 1 amide bonds. The number of carbonyl (C=O) groups is 1. The molecule has 4 rings (SSSR count). The van der Waals surface area contributed by atoms with Crippen LogP contribution in [0.4, 0.5) is 0 Å². The van der Waals surface area contributed by atoms with Crippen LogP contribution in [-0.2, 0) is 13.0 Å². The van der Waals surface area contributed by atoms with E-state index in [9.17, 15) is 10.1 Å². The van der Waals surface area contributed by atoms with E-state index < -0.39 is 0 Å². The summed E-state index contributed by atoms with van der Waals surface area (Å²) in [5, 5.41) is 13.6. The number of nitriles is 1. The van der Waals surface area contributed by atoms with Crippen LogP contribution in [0.15, 0.2) is 47.1 Å². The summed E-state index contributed by atoms with van der Waals surface area (Å²) in [4.78, 5) is 14.6. The lowest BCUT2D eigenvalue weighted by Crippen LogP contribution is -2.36. The summed E-state index contributed by atoms with van der Waals surface area (Å²) in [5.74, 6) is -0.0807. The van der Waals surface area contributed by atoms with Crippen LogP contribution in [0, 0.1) is 11.3 Å². The Morgan fingerprint density at radius 2 is 2.17 bits per heavy atom. The Bertz CT molecular complexity index is 1000. The van der Waals surface area contributed by atoms with Gasteiger partial charge in [0.15, 0.2) is 5.69 Å². The van der Waals surface area contributed by atoms with E-state index in [2.05, 4.69) is 27.1 Å². The molecule has 0 saturated heterocycles. The minimum Gasteiger partial charge on any atom is -0.333 e. The third-order valence-electron chi connectivity index (χ3n) is 4.32. The molecule has 0 unspecified atom stereocenters. The highest BCUT2D eigenvalue weighted by Gasteiger charge is 2.25. The van der Waals surface area contributed by atoms with Crippen molar-refractivity contribution in [2.24, 2.45) is 0 Å². The van der Waals surface area contributed by atoms with Crippen LogP contribution < -0.4 is 0 Å². The average Bonchev–Trinajstić information content (AvgIpc) is 3.03. The molecule has 0 bridgehead atoms. The summed E-state index contributed by atoms with van der Waals surface area (Å²) in [5.41, 5.74) is 4.12. The molecule has 0 radical (unpaired) electrons. The van der Waals surface area contributed by atoms with Gasteiger partial charge >= 0.3 is 0 Å². The van der Waals surface area contributed by atoms with Gasteiger partial charge in [-0.2, -0.15) is 10.4 Å². The van der Waals surface area contributed by atoms with Gasteiger partial charge in [-0.05, 0) is 57.7 Å². The molecule has 5 nitrogen and oxygen atoms in total. The molecule has 1 aromatic carbocycles. The zero-order valence-corrected chi connectivity index (χ0v) is 14.3. The number of fused-ring (bicyclic) bond motifs is 2. The molecule has 0 aliphatic carbocycles. The maximum absolute atomic E-state index is 12.8. The Labute approximate surface area is 147 Å². The number of pyridine rings is 1. The van der Waals surface area contributed by atoms with E-state index in [1.54, 1.807) is 15.5 Å². The van der Waals surface area contributed by atoms with Crippen LogP contribution in [0.25, 0.3) is 5.52 Å². The summed E-state index contributed by atoms with van der Waals surface area (Å²) >= 11 is 3.40. The first-order chi connectivity index (χ1) is 11.7. The van der Waals surface area contributed by atoms with Gasteiger partial charge in [-0.3, -0.25) is 4.79 Å². The summed E-state index contributed by atoms with van der Waals surface area (Å²) in [6, 6.07) is 13.6. The monoisotopic (exact) mass is 380 g/mol. The summed E-state index contributed by atoms with van der Waals surface area (Å²) in [6.07, 6.45) is 2.53. The van der Waals surface area contributed by atoms with Crippen molar-refractivity contribution in [1.29, 1.82) is 5.26 Å². The highest BCUT2D eigenvalue weighted by Crippen LogP contribution is 2.23. The zero-order valence-electron chi connectivity index (χ0n) is 12.7. The van der Waals surface area contributed by atoms with Crippen LogP contribution >= 0.6 is 15.9 Å². The number of hydrogen-bond acceptors (Lipinski definition) is 3. The first-order valence-electron chi connectivity index (χ1n) is 7.61. The first-order valence-corrected chi connectivity index (χ1v) is 8.40.